The van der Waals surface area contributed by atoms with Gasteiger partial charge in [0.25, 0.3) is 0 Å². The van der Waals surface area contributed by atoms with E-state index in [9.17, 15) is 4.79 Å². The van der Waals surface area contributed by atoms with Gasteiger partial charge in [0.1, 0.15) is 6.61 Å². The van der Waals surface area contributed by atoms with E-state index in [1.807, 2.05) is 6.55 Å². The van der Waals surface area contributed by atoms with Gasteiger partial charge in [-0.15, -0.1) is 22.2 Å². The Labute approximate surface area is 101 Å². The highest BCUT2D eigenvalue weighted by Crippen LogP contribution is 2.21. The molecule has 0 aromatic rings. The summed E-state index contributed by atoms with van der Waals surface area (Å²) in [5.74, 6) is -0.430. The van der Waals surface area contributed by atoms with Crippen LogP contribution in [0.5, 0.6) is 0 Å². The molecule has 3 nitrogen and oxygen atoms in total. The van der Waals surface area contributed by atoms with Gasteiger partial charge >= 0.3 is 5.97 Å². The van der Waals surface area contributed by atoms with Crippen molar-refractivity contribution in [3.63, 3.8) is 0 Å². The lowest BCUT2D eigenvalue weighted by Gasteiger charge is -2.09. The maximum absolute atomic E-state index is 10.6. The molecule has 0 rings (SSSR count). The largest absolute Gasteiger partial charge is 0.460 e. The molecule has 15 heavy (non-hydrogen) atoms. The van der Waals surface area contributed by atoms with Crippen LogP contribution in [-0.2, 0) is 14.3 Å². The molecule has 6 heteroatoms. The summed E-state index contributed by atoms with van der Waals surface area (Å²) < 4.78 is 9.93. The van der Waals surface area contributed by atoms with E-state index < -0.39 is 12.7 Å². The van der Waals surface area contributed by atoms with Gasteiger partial charge in [-0.05, 0) is 19.0 Å². The normalized spacial score (nSPS) is 11.1. The lowest BCUT2D eigenvalue weighted by Crippen LogP contribution is -2.14. The maximum atomic E-state index is 10.6. The number of rotatable bonds is 8. The second-order valence-electron chi connectivity index (χ2n) is 3.16. The molecule has 0 fully saturated rings. The van der Waals surface area contributed by atoms with E-state index in [1.54, 1.807) is 0 Å². The maximum Gasteiger partial charge on any atom is 0.330 e. The fourth-order valence-electron chi connectivity index (χ4n) is 0.847. The monoisotopic (exact) mass is 270 g/mol. The molecule has 0 atom stereocenters. The molecule has 0 N–H and O–H groups in total. The minimum absolute atomic E-state index is 0.251. The van der Waals surface area contributed by atoms with Crippen molar-refractivity contribution >= 4 is 34.8 Å². The van der Waals surface area contributed by atoms with Crippen LogP contribution >= 0.6 is 22.2 Å². The third-order valence-electron chi connectivity index (χ3n) is 1.54. The number of halogens is 2. The molecule has 0 heterocycles. The molecule has 0 aliphatic carbocycles. The third-order valence-corrected chi connectivity index (χ3v) is 3.91. The fourth-order valence-corrected chi connectivity index (χ4v) is 2.41. The minimum Gasteiger partial charge on any atom is -0.460 e. The topological polar surface area (TPSA) is 35.5 Å². The van der Waals surface area contributed by atoms with Gasteiger partial charge < -0.3 is 9.47 Å². The van der Waals surface area contributed by atoms with Crippen molar-refractivity contribution in [2.45, 2.75) is 19.0 Å². The Morgan fingerprint density at radius 1 is 1.40 bits per heavy atom. The van der Waals surface area contributed by atoms with Gasteiger partial charge in [-0.25, -0.2) is 4.79 Å². The van der Waals surface area contributed by atoms with Crippen molar-refractivity contribution in [3.05, 3.63) is 12.7 Å². The molecule has 0 amide bonds. The standard InChI is InChI=1S/C9H16Cl2O3Si/c1-3-9(12)14-7-6-13-5-4-8-15(2,10)11/h3H,1,4-8H2,2H3. The van der Waals surface area contributed by atoms with E-state index in [1.165, 1.54) is 0 Å². The number of carbonyl (C=O) groups excluding carboxylic acids is 1. The lowest BCUT2D eigenvalue weighted by atomic mass is 10.5. The summed E-state index contributed by atoms with van der Waals surface area (Å²) in [4.78, 5) is 10.6. The van der Waals surface area contributed by atoms with Crippen LogP contribution in [-0.4, -0.2) is 32.5 Å². The molecule has 0 radical (unpaired) electrons. The summed E-state index contributed by atoms with van der Waals surface area (Å²) in [6.07, 6.45) is 1.96. The van der Waals surface area contributed by atoms with E-state index in [4.69, 9.17) is 31.6 Å². The highest BCUT2D eigenvalue weighted by Gasteiger charge is 2.19. The second-order valence-corrected chi connectivity index (χ2v) is 11.4. The molecule has 0 spiro atoms. The number of carbonyl (C=O) groups is 1. The Hall–Kier alpha value is -0.0331. The van der Waals surface area contributed by atoms with Crippen molar-refractivity contribution in [1.82, 2.24) is 0 Å². The Morgan fingerprint density at radius 3 is 2.60 bits per heavy atom. The minimum atomic E-state index is -1.98. The van der Waals surface area contributed by atoms with Gasteiger partial charge in [-0.3, -0.25) is 0 Å². The summed E-state index contributed by atoms with van der Waals surface area (Å²) in [6.45, 7) is 4.40. The third kappa shape index (κ3) is 11.9. The van der Waals surface area contributed by atoms with Gasteiger partial charge in [0.2, 0.25) is 6.69 Å². The van der Waals surface area contributed by atoms with Crippen molar-refractivity contribution in [1.29, 1.82) is 0 Å². The van der Waals surface area contributed by atoms with Crippen molar-refractivity contribution in [2.24, 2.45) is 0 Å². The number of ether oxygens (including phenoxy) is 2. The Balaban J connectivity index is 3.19. The van der Waals surface area contributed by atoms with Gasteiger partial charge in [0.15, 0.2) is 0 Å². The molecule has 0 saturated heterocycles. The lowest BCUT2D eigenvalue weighted by molar-refractivity contribution is -0.139. The smallest absolute Gasteiger partial charge is 0.330 e. The number of hydrogen-bond acceptors (Lipinski definition) is 3. The van der Waals surface area contributed by atoms with Gasteiger partial charge in [-0.2, -0.15) is 0 Å². The molecular formula is C9H16Cl2O3Si. The first-order valence-corrected chi connectivity index (χ1v) is 9.43. The predicted molar refractivity (Wildman–Crippen MR) is 64.7 cm³/mol. The molecule has 0 aromatic carbocycles. The Kier molecular flexibility index (Phi) is 8.14. The first-order chi connectivity index (χ1) is 6.95. The van der Waals surface area contributed by atoms with Crippen LogP contribution in [0, 0.1) is 0 Å². The summed E-state index contributed by atoms with van der Waals surface area (Å²) >= 11 is 11.8. The highest BCUT2D eigenvalue weighted by atomic mass is 35.7. The van der Waals surface area contributed by atoms with Crippen LogP contribution in [0.4, 0.5) is 0 Å². The second kappa shape index (κ2) is 8.16. The van der Waals surface area contributed by atoms with Crippen molar-refractivity contribution in [3.8, 4) is 0 Å². The molecule has 0 aliphatic rings. The van der Waals surface area contributed by atoms with E-state index in [0.717, 1.165) is 18.5 Å². The first kappa shape index (κ1) is 15.0. The zero-order valence-corrected chi connectivity index (χ0v) is 11.3. The molecule has 0 aliphatic heterocycles. The van der Waals surface area contributed by atoms with Crippen molar-refractivity contribution < 1.29 is 14.3 Å². The molecule has 0 unspecified atom stereocenters. The summed E-state index contributed by atoms with van der Waals surface area (Å²) in [5.41, 5.74) is 0. The van der Waals surface area contributed by atoms with Crippen LogP contribution in [0.1, 0.15) is 6.42 Å². The SMILES string of the molecule is C=CC(=O)OCCOCCC[Si](C)(Cl)Cl. The van der Waals surface area contributed by atoms with Gasteiger partial charge in [0, 0.05) is 12.7 Å². The fraction of sp³-hybridized carbons (Fsp3) is 0.667. The molecule has 88 valence electrons. The summed E-state index contributed by atoms with van der Waals surface area (Å²) in [6, 6.07) is 0.808. The van der Waals surface area contributed by atoms with Gasteiger partial charge in [-0.1, -0.05) is 6.58 Å². The van der Waals surface area contributed by atoms with Gasteiger partial charge in [0.05, 0.1) is 6.61 Å². The molecular weight excluding hydrogens is 255 g/mol. The summed E-state index contributed by atoms with van der Waals surface area (Å²) in [7, 11) is 0. The molecule has 0 bridgehead atoms. The van der Waals surface area contributed by atoms with Crippen LogP contribution in [0.2, 0.25) is 12.6 Å². The van der Waals surface area contributed by atoms with Crippen LogP contribution in [0.15, 0.2) is 12.7 Å². The Morgan fingerprint density at radius 2 is 2.07 bits per heavy atom. The predicted octanol–water partition coefficient (Wildman–Crippen LogP) is 2.67. The first-order valence-electron chi connectivity index (χ1n) is 4.70. The zero-order valence-electron chi connectivity index (χ0n) is 8.80. The number of esters is 1. The van der Waals surface area contributed by atoms with Crippen LogP contribution < -0.4 is 0 Å². The zero-order chi connectivity index (χ0) is 11.7. The van der Waals surface area contributed by atoms with E-state index in [0.29, 0.717) is 13.2 Å². The highest BCUT2D eigenvalue weighted by molar-refractivity contribution is 7.44. The van der Waals surface area contributed by atoms with E-state index in [-0.39, 0.29) is 6.61 Å². The molecule has 0 saturated carbocycles. The van der Waals surface area contributed by atoms with E-state index in [2.05, 4.69) is 6.58 Å². The quantitative estimate of drug-likeness (QED) is 0.224. The Bertz CT molecular complexity index is 204. The number of hydrogen-bond donors (Lipinski definition) is 0. The van der Waals surface area contributed by atoms with Crippen LogP contribution in [0.25, 0.3) is 0 Å². The average Bonchev–Trinajstić information content (AvgIpc) is 2.14. The average molecular weight is 271 g/mol. The van der Waals surface area contributed by atoms with Crippen molar-refractivity contribution in [2.75, 3.05) is 19.8 Å². The van der Waals surface area contributed by atoms with E-state index >= 15 is 0 Å². The molecule has 0 aromatic heterocycles. The van der Waals surface area contributed by atoms with Crippen LogP contribution in [0.3, 0.4) is 0 Å². The summed E-state index contributed by atoms with van der Waals surface area (Å²) in [5, 5.41) is 0.